The molecule has 0 saturated carbocycles. The summed E-state index contributed by atoms with van der Waals surface area (Å²) in [7, 11) is 0. The molecular formula is C24H33N11O5S. The van der Waals surface area contributed by atoms with E-state index in [1.807, 2.05) is 16.4 Å². The molecule has 17 heteroatoms. The van der Waals surface area contributed by atoms with Crippen molar-refractivity contribution in [2.45, 2.75) is 74.6 Å². The standard InChI is InChI=1S/C24H33N11O5S/c1-11-18-17(12(2)29-16(36)9-33-10-28-30-31-33)22(38)35(18)19(23(39)40)20(11)41-14-5-15(26-7-14)21(37)32-3-4-34-13(8-32)6-27-24(34)25/h6,10-12,14-15,17-20,26H,3-5,7-9H2,1-2H3,(H2,25,27)(H,29,36)(H,39,40)/t11-,12?,14?,15?,17-,18-,19?,20?/m1/s1. The van der Waals surface area contributed by atoms with Crippen molar-refractivity contribution in [1.82, 2.24) is 50.2 Å². The van der Waals surface area contributed by atoms with Gasteiger partial charge in [0.2, 0.25) is 17.7 Å². The number of carbonyl (C=O) groups excluding carboxylic acids is 3. The maximum absolute atomic E-state index is 13.3. The third-order valence-electron chi connectivity index (χ3n) is 8.74. The van der Waals surface area contributed by atoms with Crippen LogP contribution in [0.5, 0.6) is 0 Å². The molecule has 0 aromatic carbocycles. The van der Waals surface area contributed by atoms with Gasteiger partial charge in [0.05, 0.1) is 30.4 Å². The van der Waals surface area contributed by atoms with Crippen molar-refractivity contribution in [2.75, 3.05) is 18.8 Å². The van der Waals surface area contributed by atoms with Crippen LogP contribution in [-0.4, -0.2) is 116 Å². The van der Waals surface area contributed by atoms with E-state index in [4.69, 9.17) is 5.73 Å². The van der Waals surface area contributed by atoms with Gasteiger partial charge in [0.1, 0.15) is 18.9 Å². The Bertz CT molecular complexity index is 1350. The highest BCUT2D eigenvalue weighted by Gasteiger charge is 2.65. The molecule has 6 heterocycles. The Balaban J connectivity index is 1.08. The SMILES string of the molecule is CC(NC(=O)Cn1cnnn1)[C@H]1C(=O)N2C(C(=O)O)C(SC3CNC(C(=O)N4CCn5c(cnc5N)C4)C3)[C@H](C)[C@H]12. The first-order valence-corrected chi connectivity index (χ1v) is 14.6. The summed E-state index contributed by atoms with van der Waals surface area (Å²) in [6.45, 7) is 5.82. The van der Waals surface area contributed by atoms with Crippen LogP contribution >= 0.6 is 11.8 Å². The number of aliphatic carboxylic acids is 1. The van der Waals surface area contributed by atoms with E-state index in [2.05, 4.69) is 31.1 Å². The van der Waals surface area contributed by atoms with Crippen molar-refractivity contribution in [3.63, 3.8) is 0 Å². The molecular weight excluding hydrogens is 554 g/mol. The van der Waals surface area contributed by atoms with Gasteiger partial charge in [-0.25, -0.2) is 14.5 Å². The summed E-state index contributed by atoms with van der Waals surface area (Å²) in [6, 6.07) is -2.11. The molecule has 41 heavy (non-hydrogen) atoms. The topological polar surface area (TPSA) is 206 Å². The number of hydrogen-bond acceptors (Lipinski definition) is 11. The number of nitrogens with zero attached hydrogens (tertiary/aromatic N) is 8. The normalized spacial score (nSPS) is 31.4. The van der Waals surface area contributed by atoms with Crippen LogP contribution in [0.3, 0.4) is 0 Å². The highest BCUT2D eigenvalue weighted by atomic mass is 32.2. The van der Waals surface area contributed by atoms with Gasteiger partial charge < -0.3 is 35.8 Å². The average molecular weight is 588 g/mol. The Labute approximate surface area is 239 Å². The molecule has 2 aromatic rings. The fourth-order valence-corrected chi connectivity index (χ4v) is 8.53. The van der Waals surface area contributed by atoms with E-state index in [9.17, 15) is 24.3 Å². The number of anilines is 1. The first-order valence-electron chi connectivity index (χ1n) is 13.7. The number of imidazole rings is 1. The van der Waals surface area contributed by atoms with Crippen LogP contribution in [0.15, 0.2) is 12.5 Å². The smallest absolute Gasteiger partial charge is 0.327 e. The Morgan fingerprint density at radius 1 is 1.32 bits per heavy atom. The van der Waals surface area contributed by atoms with Gasteiger partial charge in [-0.05, 0) is 29.7 Å². The zero-order valence-corrected chi connectivity index (χ0v) is 23.5. The van der Waals surface area contributed by atoms with E-state index >= 15 is 0 Å². The molecule has 0 bridgehead atoms. The number of thioether (sulfide) groups is 1. The fraction of sp³-hybridized carbons (Fsp3) is 0.667. The lowest BCUT2D eigenvalue weighted by Crippen LogP contribution is -2.68. The van der Waals surface area contributed by atoms with E-state index < -0.39 is 24.0 Å². The van der Waals surface area contributed by atoms with Crippen molar-refractivity contribution in [2.24, 2.45) is 11.8 Å². The lowest BCUT2D eigenvalue weighted by molar-refractivity contribution is -0.166. The van der Waals surface area contributed by atoms with Crippen LogP contribution in [0.2, 0.25) is 0 Å². The average Bonchev–Trinajstić information content (AvgIpc) is 3.72. The maximum Gasteiger partial charge on any atom is 0.327 e. The molecule has 5 N–H and O–H groups in total. The number of carboxylic acids is 1. The minimum absolute atomic E-state index is 0.0127. The molecule has 3 fully saturated rings. The third kappa shape index (κ3) is 4.79. The summed E-state index contributed by atoms with van der Waals surface area (Å²) < 4.78 is 3.20. The lowest BCUT2D eigenvalue weighted by atomic mass is 9.78. The van der Waals surface area contributed by atoms with Crippen LogP contribution in [0.4, 0.5) is 5.95 Å². The number of rotatable bonds is 8. The summed E-state index contributed by atoms with van der Waals surface area (Å²) in [5, 5.41) is 26.7. The number of β-lactam (4-membered cyclic amide) rings is 1. The molecule has 8 atom stereocenters. The second kappa shape index (κ2) is 10.6. The minimum Gasteiger partial charge on any atom is -0.480 e. The van der Waals surface area contributed by atoms with E-state index in [1.165, 1.54) is 15.9 Å². The molecule has 2 aromatic heterocycles. The van der Waals surface area contributed by atoms with Crippen molar-refractivity contribution in [3.8, 4) is 0 Å². The molecule has 3 saturated heterocycles. The number of tetrazole rings is 1. The van der Waals surface area contributed by atoms with Gasteiger partial charge in [-0.15, -0.1) is 5.10 Å². The molecule has 4 aliphatic heterocycles. The van der Waals surface area contributed by atoms with Gasteiger partial charge in [-0.3, -0.25) is 14.4 Å². The second-order valence-electron chi connectivity index (χ2n) is 11.2. The molecule has 220 valence electrons. The first-order chi connectivity index (χ1) is 19.6. The Kier molecular flexibility index (Phi) is 7.09. The van der Waals surface area contributed by atoms with Crippen molar-refractivity contribution < 1.29 is 24.3 Å². The lowest BCUT2D eigenvalue weighted by Gasteiger charge is -2.48. The van der Waals surface area contributed by atoms with Gasteiger partial charge in [0.25, 0.3) is 0 Å². The summed E-state index contributed by atoms with van der Waals surface area (Å²) in [5.74, 6) is -1.82. The zero-order valence-electron chi connectivity index (χ0n) is 22.7. The quantitative estimate of drug-likeness (QED) is 0.242. The van der Waals surface area contributed by atoms with E-state index in [1.54, 1.807) is 24.9 Å². The number of carbonyl (C=O) groups is 4. The van der Waals surface area contributed by atoms with Crippen LogP contribution in [-0.2, 0) is 38.8 Å². The molecule has 0 spiro atoms. The van der Waals surface area contributed by atoms with E-state index in [-0.39, 0.29) is 52.8 Å². The summed E-state index contributed by atoms with van der Waals surface area (Å²) >= 11 is 1.55. The largest absolute Gasteiger partial charge is 0.480 e. The summed E-state index contributed by atoms with van der Waals surface area (Å²) in [4.78, 5) is 58.8. The van der Waals surface area contributed by atoms with E-state index in [0.717, 1.165) is 5.69 Å². The second-order valence-corrected chi connectivity index (χ2v) is 12.7. The monoisotopic (exact) mass is 587 g/mol. The highest BCUT2D eigenvalue weighted by Crippen LogP contribution is 2.50. The minimum atomic E-state index is -1.04. The van der Waals surface area contributed by atoms with Gasteiger partial charge >= 0.3 is 5.97 Å². The van der Waals surface area contributed by atoms with Crippen molar-refractivity contribution >= 4 is 41.4 Å². The number of carboxylic acid groups (broad SMARTS) is 1. The van der Waals surface area contributed by atoms with Crippen molar-refractivity contribution in [3.05, 3.63) is 18.2 Å². The predicted octanol–water partition coefficient (Wildman–Crippen LogP) is -2.24. The molecule has 5 unspecified atom stereocenters. The molecule has 3 amide bonds. The Morgan fingerprint density at radius 3 is 2.85 bits per heavy atom. The van der Waals surface area contributed by atoms with Crippen LogP contribution in [0.25, 0.3) is 0 Å². The fourth-order valence-electron chi connectivity index (χ4n) is 6.79. The number of aromatic nitrogens is 6. The number of hydrogen-bond donors (Lipinski definition) is 4. The molecule has 0 radical (unpaired) electrons. The van der Waals surface area contributed by atoms with Crippen molar-refractivity contribution in [1.29, 1.82) is 0 Å². The van der Waals surface area contributed by atoms with Gasteiger partial charge in [-0.1, -0.05) is 6.92 Å². The van der Waals surface area contributed by atoms with Gasteiger partial charge in [0.15, 0.2) is 5.95 Å². The predicted molar refractivity (Wildman–Crippen MR) is 144 cm³/mol. The highest BCUT2D eigenvalue weighted by molar-refractivity contribution is 8.00. The summed E-state index contributed by atoms with van der Waals surface area (Å²) in [5.41, 5.74) is 6.79. The van der Waals surface area contributed by atoms with Crippen LogP contribution in [0, 0.1) is 11.8 Å². The number of fused-ring (bicyclic) bond motifs is 2. The number of amides is 3. The summed E-state index contributed by atoms with van der Waals surface area (Å²) in [6.07, 6.45) is 3.59. The number of nitrogen functional groups attached to an aromatic ring is 1. The number of nitrogens with one attached hydrogen (secondary N) is 2. The molecule has 4 aliphatic rings. The van der Waals surface area contributed by atoms with Gasteiger partial charge in [-0.2, -0.15) is 11.8 Å². The molecule has 6 rings (SSSR count). The Morgan fingerprint density at radius 2 is 2.12 bits per heavy atom. The number of nitrogens with two attached hydrogens (primary N) is 1. The van der Waals surface area contributed by atoms with Crippen LogP contribution < -0.4 is 16.4 Å². The third-order valence-corrected chi connectivity index (χ3v) is 10.5. The maximum atomic E-state index is 13.3. The van der Waals surface area contributed by atoms with Crippen LogP contribution in [0.1, 0.15) is 26.0 Å². The first kappa shape index (κ1) is 27.4. The Hall–Kier alpha value is -3.73. The van der Waals surface area contributed by atoms with E-state index in [0.29, 0.717) is 38.5 Å². The van der Waals surface area contributed by atoms with Gasteiger partial charge in [0, 0.05) is 42.2 Å². The molecule has 0 aliphatic carbocycles. The zero-order chi connectivity index (χ0) is 29.0. The molecule has 16 nitrogen and oxygen atoms in total.